The first kappa shape index (κ1) is 12.5. The summed E-state index contributed by atoms with van der Waals surface area (Å²) in [7, 11) is 1.64. The fourth-order valence-corrected chi connectivity index (χ4v) is 2.48. The van der Waals surface area contributed by atoms with Gasteiger partial charge in [-0.15, -0.1) is 0 Å². The second-order valence-electron chi connectivity index (χ2n) is 4.75. The summed E-state index contributed by atoms with van der Waals surface area (Å²) < 4.78 is 5.46. The molecule has 0 atom stereocenters. The Kier molecular flexibility index (Phi) is 3.03. The molecule has 3 rings (SSSR count). The van der Waals surface area contributed by atoms with E-state index in [1.165, 1.54) is 0 Å². The summed E-state index contributed by atoms with van der Waals surface area (Å²) in [5.41, 5.74) is 3.56. The van der Waals surface area contributed by atoms with Crippen LogP contribution in [0.2, 0.25) is 0 Å². The van der Waals surface area contributed by atoms with Gasteiger partial charge in [0.1, 0.15) is 5.75 Å². The molecule has 3 aromatic rings. The lowest BCUT2D eigenvalue weighted by Crippen LogP contribution is -2.03. The van der Waals surface area contributed by atoms with Crippen LogP contribution in [0.3, 0.4) is 0 Å². The molecule has 0 bridgehead atoms. The van der Waals surface area contributed by atoms with Crippen LogP contribution in [0, 0.1) is 6.92 Å². The van der Waals surface area contributed by atoms with Crippen LogP contribution in [0.4, 0.5) is 0 Å². The van der Waals surface area contributed by atoms with Crippen molar-refractivity contribution in [3.63, 3.8) is 0 Å². The van der Waals surface area contributed by atoms with Gasteiger partial charge in [0.2, 0.25) is 0 Å². The van der Waals surface area contributed by atoms with Crippen LogP contribution >= 0.6 is 0 Å². The quantitative estimate of drug-likeness (QED) is 0.770. The van der Waals surface area contributed by atoms with Crippen molar-refractivity contribution < 1.29 is 4.74 Å². The molecule has 0 aliphatic rings. The minimum atomic E-state index is 0.0120. The van der Waals surface area contributed by atoms with Crippen LogP contribution in [0.5, 0.6) is 5.75 Å². The molecular formula is C17H15NO2. The highest BCUT2D eigenvalue weighted by molar-refractivity contribution is 5.82. The number of methoxy groups -OCH3 is 1. The molecule has 100 valence electrons. The van der Waals surface area contributed by atoms with Crippen molar-refractivity contribution in [2.75, 3.05) is 7.11 Å². The van der Waals surface area contributed by atoms with Crippen LogP contribution in [-0.4, -0.2) is 12.1 Å². The van der Waals surface area contributed by atoms with E-state index in [9.17, 15) is 4.79 Å². The highest BCUT2D eigenvalue weighted by Gasteiger charge is 2.10. The maximum absolute atomic E-state index is 12.2. The number of hydrogen-bond donors (Lipinski definition) is 1. The molecule has 0 amide bonds. The van der Waals surface area contributed by atoms with Gasteiger partial charge in [-0.05, 0) is 30.7 Å². The average Bonchev–Trinajstić information content (AvgIpc) is 2.47. The molecular weight excluding hydrogens is 250 g/mol. The van der Waals surface area contributed by atoms with Crippen molar-refractivity contribution in [3.8, 4) is 17.0 Å². The summed E-state index contributed by atoms with van der Waals surface area (Å²) >= 11 is 0. The van der Waals surface area contributed by atoms with Gasteiger partial charge < -0.3 is 9.72 Å². The Morgan fingerprint density at radius 1 is 1.05 bits per heavy atom. The summed E-state index contributed by atoms with van der Waals surface area (Å²) in [6.07, 6.45) is 0. The van der Waals surface area contributed by atoms with Gasteiger partial charge in [-0.3, -0.25) is 4.79 Å². The lowest BCUT2D eigenvalue weighted by molar-refractivity contribution is 0.413. The van der Waals surface area contributed by atoms with E-state index in [1.54, 1.807) is 13.2 Å². The van der Waals surface area contributed by atoms with Gasteiger partial charge in [0.05, 0.1) is 12.8 Å². The van der Waals surface area contributed by atoms with Crippen molar-refractivity contribution >= 4 is 10.9 Å². The first-order valence-electron chi connectivity index (χ1n) is 6.47. The summed E-state index contributed by atoms with van der Waals surface area (Å²) in [4.78, 5) is 15.5. The van der Waals surface area contributed by atoms with Crippen LogP contribution in [0.1, 0.15) is 5.56 Å². The molecule has 20 heavy (non-hydrogen) atoms. The van der Waals surface area contributed by atoms with Crippen molar-refractivity contribution in [1.82, 2.24) is 4.98 Å². The number of nitrogens with one attached hydrogen (secondary N) is 1. The van der Waals surface area contributed by atoms with E-state index in [-0.39, 0.29) is 5.43 Å². The number of H-pyrrole nitrogens is 1. The van der Waals surface area contributed by atoms with Gasteiger partial charge in [-0.1, -0.05) is 24.3 Å². The Hall–Kier alpha value is -2.55. The van der Waals surface area contributed by atoms with Crippen LogP contribution in [-0.2, 0) is 0 Å². The Labute approximate surface area is 116 Å². The van der Waals surface area contributed by atoms with E-state index < -0.39 is 0 Å². The topological polar surface area (TPSA) is 42.1 Å². The van der Waals surface area contributed by atoms with E-state index in [0.29, 0.717) is 5.39 Å². The molecule has 1 N–H and O–H groups in total. The maximum Gasteiger partial charge on any atom is 0.190 e. The van der Waals surface area contributed by atoms with Crippen molar-refractivity contribution in [2.24, 2.45) is 0 Å². The monoisotopic (exact) mass is 265 g/mol. The van der Waals surface area contributed by atoms with E-state index >= 15 is 0 Å². The number of aromatic nitrogens is 1. The van der Waals surface area contributed by atoms with Gasteiger partial charge >= 0.3 is 0 Å². The van der Waals surface area contributed by atoms with Crippen molar-refractivity contribution in [1.29, 1.82) is 0 Å². The number of ether oxygens (including phenoxy) is 1. The molecule has 3 nitrogen and oxygen atoms in total. The predicted molar refractivity (Wildman–Crippen MR) is 81.3 cm³/mol. The van der Waals surface area contributed by atoms with Crippen LogP contribution in [0.25, 0.3) is 22.2 Å². The first-order chi connectivity index (χ1) is 9.70. The summed E-state index contributed by atoms with van der Waals surface area (Å²) in [5.74, 6) is 0.790. The first-order valence-corrected chi connectivity index (χ1v) is 6.47. The minimum absolute atomic E-state index is 0.0120. The molecule has 1 aromatic heterocycles. The van der Waals surface area contributed by atoms with E-state index in [1.807, 2.05) is 49.4 Å². The molecule has 0 spiro atoms. The lowest BCUT2D eigenvalue weighted by Gasteiger charge is -2.12. The molecule has 0 unspecified atom stereocenters. The smallest absolute Gasteiger partial charge is 0.190 e. The third-order valence-corrected chi connectivity index (χ3v) is 3.44. The second kappa shape index (κ2) is 4.85. The fraction of sp³-hybridized carbons (Fsp3) is 0.118. The number of fused-ring (bicyclic) bond motifs is 1. The van der Waals surface area contributed by atoms with Gasteiger partial charge in [-0.2, -0.15) is 0 Å². The zero-order valence-corrected chi connectivity index (χ0v) is 11.4. The van der Waals surface area contributed by atoms with Gasteiger partial charge in [-0.25, -0.2) is 0 Å². The third-order valence-electron chi connectivity index (χ3n) is 3.44. The van der Waals surface area contributed by atoms with E-state index in [4.69, 9.17) is 4.74 Å². The summed E-state index contributed by atoms with van der Waals surface area (Å²) in [5, 5.41) is 0.697. The zero-order chi connectivity index (χ0) is 14.1. The summed E-state index contributed by atoms with van der Waals surface area (Å²) in [6, 6.07) is 15.0. The minimum Gasteiger partial charge on any atom is -0.496 e. The van der Waals surface area contributed by atoms with Crippen LogP contribution < -0.4 is 10.2 Å². The summed E-state index contributed by atoms with van der Waals surface area (Å²) in [6.45, 7) is 1.99. The molecule has 0 saturated heterocycles. The number of hydrogen-bond acceptors (Lipinski definition) is 2. The van der Waals surface area contributed by atoms with Gasteiger partial charge in [0.25, 0.3) is 0 Å². The Balaban J connectivity index is 2.31. The number of pyridine rings is 1. The van der Waals surface area contributed by atoms with Crippen molar-refractivity contribution in [2.45, 2.75) is 6.92 Å². The number of rotatable bonds is 2. The largest absolute Gasteiger partial charge is 0.496 e. The molecule has 0 aliphatic heterocycles. The molecule has 3 heteroatoms. The second-order valence-corrected chi connectivity index (χ2v) is 4.75. The molecule has 0 saturated carbocycles. The standard InChI is InChI=1S/C17H15NO2/c1-11-6-5-8-13(17(11)20-2)15-10-16(19)12-7-3-4-9-14(12)18-15/h3-10H,1-2H3,(H,18,19). The van der Waals surface area contributed by atoms with E-state index in [2.05, 4.69) is 4.98 Å². The molecule has 2 aromatic carbocycles. The number of aromatic amines is 1. The van der Waals surface area contributed by atoms with E-state index in [0.717, 1.165) is 28.1 Å². The fourth-order valence-electron chi connectivity index (χ4n) is 2.48. The Morgan fingerprint density at radius 2 is 1.85 bits per heavy atom. The normalized spacial score (nSPS) is 10.7. The number of para-hydroxylation sites is 2. The van der Waals surface area contributed by atoms with Crippen LogP contribution in [0.15, 0.2) is 53.3 Å². The Morgan fingerprint density at radius 3 is 2.65 bits per heavy atom. The molecule has 0 fully saturated rings. The highest BCUT2D eigenvalue weighted by atomic mass is 16.5. The highest BCUT2D eigenvalue weighted by Crippen LogP contribution is 2.31. The average molecular weight is 265 g/mol. The van der Waals surface area contributed by atoms with Gasteiger partial charge in [0, 0.05) is 22.5 Å². The third kappa shape index (κ3) is 1.97. The Bertz CT molecular complexity index is 834. The number of aryl methyl sites for hydroxylation is 1. The van der Waals surface area contributed by atoms with Gasteiger partial charge in [0.15, 0.2) is 5.43 Å². The van der Waals surface area contributed by atoms with Crippen molar-refractivity contribution in [3.05, 3.63) is 64.3 Å². The maximum atomic E-state index is 12.2. The molecule has 0 aliphatic carbocycles. The lowest BCUT2D eigenvalue weighted by atomic mass is 10.0. The number of benzene rings is 2. The molecule has 1 heterocycles. The predicted octanol–water partition coefficient (Wildman–Crippen LogP) is 3.51. The molecule has 0 radical (unpaired) electrons. The zero-order valence-electron chi connectivity index (χ0n) is 11.4. The SMILES string of the molecule is COc1c(C)cccc1-c1cc(=O)c2ccccc2[nH]1.